The molecule has 0 aliphatic carbocycles. The molecule has 1 aliphatic heterocycles. The van der Waals surface area contributed by atoms with E-state index in [1.54, 1.807) is 0 Å². The summed E-state index contributed by atoms with van der Waals surface area (Å²) >= 11 is 0. The van der Waals surface area contributed by atoms with Crippen LogP contribution in [0.2, 0.25) is 0 Å². The molecule has 0 spiro atoms. The van der Waals surface area contributed by atoms with Crippen molar-refractivity contribution in [2.45, 2.75) is 38.9 Å². The molecule has 0 atom stereocenters. The zero-order valence-electron chi connectivity index (χ0n) is 21.0. The Labute approximate surface area is 210 Å². The average molecular weight is 470 g/mol. The van der Waals surface area contributed by atoms with Crippen LogP contribution < -0.4 is 5.46 Å². The largest absolute Gasteiger partial charge is 0.494 e. The molecule has 36 heavy (non-hydrogen) atoms. The SMILES string of the molecule is CC1(C)OB(c2ccc3ccc(-c4cc5ccccc5c5c4oc4ccccc45)cc3c2)OC1(C)C. The maximum absolute atomic E-state index is 6.47. The summed E-state index contributed by atoms with van der Waals surface area (Å²) < 4.78 is 19.1. The first-order chi connectivity index (χ1) is 17.3. The third-order valence-electron chi connectivity index (χ3n) is 8.07. The molecule has 3 nitrogen and oxygen atoms in total. The molecule has 4 heteroatoms. The topological polar surface area (TPSA) is 31.6 Å². The molecule has 7 rings (SSSR count). The van der Waals surface area contributed by atoms with Gasteiger partial charge in [-0.2, -0.15) is 0 Å². The van der Waals surface area contributed by atoms with Gasteiger partial charge >= 0.3 is 7.12 Å². The van der Waals surface area contributed by atoms with Crippen LogP contribution in [0.15, 0.2) is 95.4 Å². The van der Waals surface area contributed by atoms with Gasteiger partial charge in [-0.25, -0.2) is 0 Å². The number of para-hydroxylation sites is 1. The highest BCUT2D eigenvalue weighted by Crippen LogP contribution is 2.41. The van der Waals surface area contributed by atoms with Crippen molar-refractivity contribution in [1.82, 2.24) is 0 Å². The Kier molecular flexibility index (Phi) is 4.49. The summed E-state index contributed by atoms with van der Waals surface area (Å²) in [7, 11) is -0.384. The van der Waals surface area contributed by atoms with Crippen LogP contribution in [0.1, 0.15) is 27.7 Å². The van der Waals surface area contributed by atoms with E-state index in [1.165, 1.54) is 21.5 Å². The van der Waals surface area contributed by atoms with E-state index in [0.717, 1.165) is 38.5 Å². The smallest absolute Gasteiger partial charge is 0.455 e. The van der Waals surface area contributed by atoms with Crippen LogP contribution in [-0.4, -0.2) is 18.3 Å². The third kappa shape index (κ3) is 3.15. The van der Waals surface area contributed by atoms with E-state index >= 15 is 0 Å². The first kappa shape index (κ1) is 21.7. The lowest BCUT2D eigenvalue weighted by molar-refractivity contribution is 0.00578. The third-order valence-corrected chi connectivity index (χ3v) is 8.07. The fourth-order valence-corrected chi connectivity index (χ4v) is 5.35. The highest BCUT2D eigenvalue weighted by atomic mass is 16.7. The minimum absolute atomic E-state index is 0.369. The Balaban J connectivity index is 1.42. The molecule has 5 aromatic carbocycles. The van der Waals surface area contributed by atoms with Crippen molar-refractivity contribution in [2.75, 3.05) is 0 Å². The summed E-state index contributed by atoms with van der Waals surface area (Å²) in [5.74, 6) is 0. The van der Waals surface area contributed by atoms with Gasteiger partial charge in [0.2, 0.25) is 0 Å². The molecule has 0 amide bonds. The molecule has 1 saturated heterocycles. The standard InChI is InChI=1S/C32H27BO3/c1-31(2)32(3,4)36-33(35-31)24-16-15-20-13-14-22(17-23(20)18-24)27-19-21-9-5-6-10-25(21)29-26-11-7-8-12-28(26)34-30(27)29/h5-19H,1-4H3. The number of rotatable bonds is 2. The molecule has 6 aromatic rings. The van der Waals surface area contributed by atoms with Crippen molar-refractivity contribution in [1.29, 1.82) is 0 Å². The quantitative estimate of drug-likeness (QED) is 0.242. The molecule has 0 radical (unpaired) electrons. The van der Waals surface area contributed by atoms with E-state index in [4.69, 9.17) is 13.7 Å². The number of furan rings is 1. The predicted molar refractivity (Wildman–Crippen MR) is 150 cm³/mol. The van der Waals surface area contributed by atoms with E-state index in [-0.39, 0.29) is 18.3 Å². The van der Waals surface area contributed by atoms with Gasteiger partial charge in [-0.1, -0.05) is 72.8 Å². The van der Waals surface area contributed by atoms with Crippen LogP contribution >= 0.6 is 0 Å². The average Bonchev–Trinajstić information content (AvgIpc) is 3.36. The summed E-state index contributed by atoms with van der Waals surface area (Å²) in [4.78, 5) is 0. The monoisotopic (exact) mass is 470 g/mol. The summed E-state index contributed by atoms with van der Waals surface area (Å²) in [6.45, 7) is 8.35. The molecule has 0 unspecified atom stereocenters. The highest BCUT2D eigenvalue weighted by molar-refractivity contribution is 6.62. The molecular weight excluding hydrogens is 443 g/mol. The van der Waals surface area contributed by atoms with Gasteiger partial charge in [0.1, 0.15) is 11.2 Å². The summed E-state index contributed by atoms with van der Waals surface area (Å²) in [6.07, 6.45) is 0. The van der Waals surface area contributed by atoms with Crippen molar-refractivity contribution < 1.29 is 13.7 Å². The van der Waals surface area contributed by atoms with Crippen molar-refractivity contribution in [3.8, 4) is 11.1 Å². The predicted octanol–water partition coefficient (Wildman–Crippen LogP) is 7.86. The Hall–Kier alpha value is -3.60. The Morgan fingerprint density at radius 1 is 0.611 bits per heavy atom. The zero-order valence-corrected chi connectivity index (χ0v) is 21.0. The molecular formula is C32H27BO3. The molecule has 1 aromatic heterocycles. The number of hydrogen-bond donors (Lipinski definition) is 0. The number of fused-ring (bicyclic) bond motifs is 6. The van der Waals surface area contributed by atoms with Gasteiger partial charge in [0, 0.05) is 16.3 Å². The van der Waals surface area contributed by atoms with Crippen LogP contribution in [0, 0.1) is 0 Å². The second-order valence-corrected chi connectivity index (χ2v) is 10.9. The van der Waals surface area contributed by atoms with Gasteiger partial charge in [0.15, 0.2) is 0 Å². The zero-order chi connectivity index (χ0) is 24.7. The van der Waals surface area contributed by atoms with Crippen molar-refractivity contribution in [3.63, 3.8) is 0 Å². The number of hydrogen-bond acceptors (Lipinski definition) is 3. The van der Waals surface area contributed by atoms with Crippen molar-refractivity contribution >= 4 is 56.1 Å². The molecule has 0 bridgehead atoms. The Morgan fingerprint density at radius 3 is 2.11 bits per heavy atom. The maximum atomic E-state index is 6.47. The fraction of sp³-hybridized carbons (Fsp3) is 0.188. The van der Waals surface area contributed by atoms with Crippen molar-refractivity contribution in [2.24, 2.45) is 0 Å². The Morgan fingerprint density at radius 2 is 1.31 bits per heavy atom. The van der Waals surface area contributed by atoms with Crippen molar-refractivity contribution in [3.05, 3.63) is 91.0 Å². The van der Waals surface area contributed by atoms with E-state index in [1.807, 2.05) is 12.1 Å². The molecule has 176 valence electrons. The van der Waals surface area contributed by atoms with E-state index in [0.29, 0.717) is 0 Å². The van der Waals surface area contributed by atoms with Crippen LogP contribution in [0.4, 0.5) is 0 Å². The van der Waals surface area contributed by atoms with Crippen LogP contribution in [0.3, 0.4) is 0 Å². The number of benzene rings is 5. The van der Waals surface area contributed by atoms with E-state index in [2.05, 4.69) is 107 Å². The molecule has 1 fully saturated rings. The summed E-state index contributed by atoms with van der Waals surface area (Å²) in [5.41, 5.74) is 4.36. The van der Waals surface area contributed by atoms with Gasteiger partial charge in [-0.15, -0.1) is 0 Å². The first-order valence-corrected chi connectivity index (χ1v) is 12.5. The van der Waals surface area contributed by atoms with Crippen LogP contribution in [-0.2, 0) is 9.31 Å². The normalized spacial score (nSPS) is 17.1. The van der Waals surface area contributed by atoms with Gasteiger partial charge in [0.05, 0.1) is 11.2 Å². The van der Waals surface area contributed by atoms with Gasteiger partial charge < -0.3 is 13.7 Å². The minimum atomic E-state index is -0.384. The molecule has 1 aliphatic rings. The second kappa shape index (κ2) is 7.46. The molecule has 0 saturated carbocycles. The lowest BCUT2D eigenvalue weighted by Crippen LogP contribution is -2.41. The maximum Gasteiger partial charge on any atom is 0.494 e. The molecule has 2 heterocycles. The highest BCUT2D eigenvalue weighted by Gasteiger charge is 2.51. The summed E-state index contributed by atoms with van der Waals surface area (Å²) in [5, 5.41) is 7.07. The van der Waals surface area contributed by atoms with E-state index < -0.39 is 0 Å². The fourth-order valence-electron chi connectivity index (χ4n) is 5.35. The van der Waals surface area contributed by atoms with Gasteiger partial charge in [-0.05, 0) is 78.5 Å². The summed E-state index contributed by atoms with van der Waals surface area (Å²) in [6, 6.07) is 32.2. The lowest BCUT2D eigenvalue weighted by atomic mass is 9.78. The minimum Gasteiger partial charge on any atom is -0.455 e. The second-order valence-electron chi connectivity index (χ2n) is 10.9. The van der Waals surface area contributed by atoms with Crippen LogP contribution in [0.25, 0.3) is 54.6 Å². The van der Waals surface area contributed by atoms with E-state index in [9.17, 15) is 0 Å². The van der Waals surface area contributed by atoms with Gasteiger partial charge in [-0.3, -0.25) is 0 Å². The first-order valence-electron chi connectivity index (χ1n) is 12.5. The lowest BCUT2D eigenvalue weighted by Gasteiger charge is -2.32. The molecule has 0 N–H and O–H groups in total. The Bertz CT molecular complexity index is 1800. The van der Waals surface area contributed by atoms with Gasteiger partial charge in [0.25, 0.3) is 0 Å². The van der Waals surface area contributed by atoms with Crippen LogP contribution in [0.5, 0.6) is 0 Å².